The van der Waals surface area contributed by atoms with Crippen LogP contribution in [0.4, 0.5) is 0 Å². The molecular formula is C14H14N2O6. The zero-order valence-corrected chi connectivity index (χ0v) is 11.8. The number of rotatable bonds is 4. The highest BCUT2D eigenvalue weighted by Gasteiger charge is 2.44. The molecule has 116 valence electrons. The highest BCUT2D eigenvalue weighted by molar-refractivity contribution is 6.36. The topological polar surface area (TPSA) is 102 Å². The number of ether oxygens (including phenoxy) is 2. The van der Waals surface area contributed by atoms with E-state index in [2.05, 4.69) is 10.1 Å². The molecule has 1 aliphatic heterocycles. The predicted octanol–water partition coefficient (Wildman–Crippen LogP) is -0.908. The maximum atomic E-state index is 11.7. The molecule has 0 spiro atoms. The number of likely N-dealkylation sites (tertiary alicyclic amines) is 1. The van der Waals surface area contributed by atoms with Crippen molar-refractivity contribution in [3.8, 4) is 5.75 Å². The molecule has 1 unspecified atom stereocenters. The number of nitrogens with one attached hydrogen (secondary N) is 1. The minimum Gasteiger partial charge on any atom is -0.484 e. The second kappa shape index (κ2) is 6.70. The maximum Gasteiger partial charge on any atom is 0.397 e. The Morgan fingerprint density at radius 2 is 1.95 bits per heavy atom. The standard InChI is InChI=1S/C14H14N2O6/c1-21-14(20)13(19)16-7-10(12(16)18)15-11(17)8-22-9-5-3-2-4-6-9/h2-6,10H,7-8H2,1H3,(H,15,17). The molecule has 1 aromatic rings. The number of nitrogens with zero attached hydrogens (tertiary/aromatic N) is 1. The second-order valence-corrected chi connectivity index (χ2v) is 4.47. The van der Waals surface area contributed by atoms with Crippen molar-refractivity contribution in [2.75, 3.05) is 20.3 Å². The molecule has 0 bridgehead atoms. The van der Waals surface area contributed by atoms with Crippen LogP contribution in [0.5, 0.6) is 5.75 Å². The lowest BCUT2D eigenvalue weighted by Crippen LogP contribution is -2.66. The average molecular weight is 306 g/mol. The van der Waals surface area contributed by atoms with Crippen LogP contribution in [-0.2, 0) is 23.9 Å². The predicted molar refractivity (Wildman–Crippen MR) is 72.6 cm³/mol. The zero-order chi connectivity index (χ0) is 16.1. The number of esters is 1. The number of imide groups is 1. The molecule has 0 aliphatic carbocycles. The fourth-order valence-electron chi connectivity index (χ4n) is 1.82. The van der Waals surface area contributed by atoms with Gasteiger partial charge in [-0.25, -0.2) is 4.79 Å². The summed E-state index contributed by atoms with van der Waals surface area (Å²) in [5.74, 6) is -2.78. The molecule has 1 aliphatic rings. The number of carbonyl (C=O) groups excluding carboxylic acids is 4. The summed E-state index contributed by atoms with van der Waals surface area (Å²) >= 11 is 0. The normalized spacial score (nSPS) is 16.5. The van der Waals surface area contributed by atoms with Crippen LogP contribution < -0.4 is 10.1 Å². The molecule has 1 atom stereocenters. The number of methoxy groups -OCH3 is 1. The quantitative estimate of drug-likeness (QED) is 0.439. The van der Waals surface area contributed by atoms with Crippen molar-refractivity contribution in [3.63, 3.8) is 0 Å². The van der Waals surface area contributed by atoms with E-state index in [0.29, 0.717) is 5.75 Å². The summed E-state index contributed by atoms with van der Waals surface area (Å²) in [6, 6.07) is 7.89. The largest absolute Gasteiger partial charge is 0.484 e. The number of hydrogen-bond acceptors (Lipinski definition) is 6. The van der Waals surface area contributed by atoms with Crippen molar-refractivity contribution < 1.29 is 28.7 Å². The fourth-order valence-corrected chi connectivity index (χ4v) is 1.82. The third kappa shape index (κ3) is 3.40. The summed E-state index contributed by atoms with van der Waals surface area (Å²) in [4.78, 5) is 46.4. The van der Waals surface area contributed by atoms with Crippen molar-refractivity contribution in [1.82, 2.24) is 10.2 Å². The molecule has 3 amide bonds. The summed E-state index contributed by atoms with van der Waals surface area (Å²) in [5.41, 5.74) is 0. The molecular weight excluding hydrogens is 292 g/mol. The summed E-state index contributed by atoms with van der Waals surface area (Å²) in [5, 5.41) is 2.42. The first-order valence-electron chi connectivity index (χ1n) is 6.43. The van der Waals surface area contributed by atoms with Crippen molar-refractivity contribution in [3.05, 3.63) is 30.3 Å². The van der Waals surface area contributed by atoms with Gasteiger partial charge in [-0.3, -0.25) is 19.3 Å². The first-order valence-corrected chi connectivity index (χ1v) is 6.43. The molecule has 0 saturated carbocycles. The van der Waals surface area contributed by atoms with Crippen LogP contribution >= 0.6 is 0 Å². The van der Waals surface area contributed by atoms with Gasteiger partial charge in [-0.15, -0.1) is 0 Å². The van der Waals surface area contributed by atoms with Gasteiger partial charge in [0.2, 0.25) is 0 Å². The smallest absolute Gasteiger partial charge is 0.397 e. The third-order valence-electron chi connectivity index (χ3n) is 2.98. The molecule has 1 N–H and O–H groups in total. The summed E-state index contributed by atoms with van der Waals surface area (Å²) in [6.07, 6.45) is 0. The van der Waals surface area contributed by atoms with Crippen LogP contribution in [0.25, 0.3) is 0 Å². The van der Waals surface area contributed by atoms with Gasteiger partial charge in [0.15, 0.2) is 6.61 Å². The minimum atomic E-state index is -1.12. The molecule has 8 heteroatoms. The Morgan fingerprint density at radius 3 is 2.55 bits per heavy atom. The van der Waals surface area contributed by atoms with E-state index in [1.54, 1.807) is 24.3 Å². The average Bonchev–Trinajstić information content (AvgIpc) is 2.55. The van der Waals surface area contributed by atoms with Crippen LogP contribution in [0.15, 0.2) is 30.3 Å². The Kier molecular flexibility index (Phi) is 4.72. The van der Waals surface area contributed by atoms with Crippen molar-refractivity contribution in [2.45, 2.75) is 6.04 Å². The SMILES string of the molecule is COC(=O)C(=O)N1CC(NC(=O)COc2ccccc2)C1=O. The Bertz CT molecular complexity index is 601. The molecule has 1 saturated heterocycles. The van der Waals surface area contributed by atoms with E-state index >= 15 is 0 Å². The Morgan fingerprint density at radius 1 is 1.27 bits per heavy atom. The summed E-state index contributed by atoms with van der Waals surface area (Å²) in [6.45, 7) is -0.317. The zero-order valence-electron chi connectivity index (χ0n) is 11.8. The van der Waals surface area contributed by atoms with E-state index in [9.17, 15) is 19.2 Å². The molecule has 0 aromatic heterocycles. The van der Waals surface area contributed by atoms with Crippen LogP contribution in [-0.4, -0.2) is 54.9 Å². The second-order valence-electron chi connectivity index (χ2n) is 4.47. The molecule has 1 heterocycles. The fraction of sp³-hybridized carbons (Fsp3) is 0.286. The Balaban J connectivity index is 1.76. The molecule has 1 aromatic carbocycles. The van der Waals surface area contributed by atoms with E-state index in [1.165, 1.54) is 0 Å². The number of carbonyl (C=O) groups is 4. The van der Waals surface area contributed by atoms with Gasteiger partial charge in [-0.1, -0.05) is 18.2 Å². The highest BCUT2D eigenvalue weighted by atomic mass is 16.5. The van der Waals surface area contributed by atoms with Crippen molar-refractivity contribution in [2.24, 2.45) is 0 Å². The van der Waals surface area contributed by atoms with E-state index in [1.807, 2.05) is 6.07 Å². The van der Waals surface area contributed by atoms with Crippen molar-refractivity contribution >= 4 is 23.7 Å². The van der Waals surface area contributed by atoms with E-state index in [-0.39, 0.29) is 13.2 Å². The highest BCUT2D eigenvalue weighted by Crippen LogP contribution is 2.11. The van der Waals surface area contributed by atoms with Gasteiger partial charge in [0.25, 0.3) is 11.8 Å². The lowest BCUT2D eigenvalue weighted by atomic mass is 10.1. The first kappa shape index (κ1) is 15.5. The van der Waals surface area contributed by atoms with Gasteiger partial charge in [0.05, 0.1) is 13.7 Å². The number of hydrogen-bond donors (Lipinski definition) is 1. The first-order chi connectivity index (χ1) is 10.5. The van der Waals surface area contributed by atoms with Gasteiger partial charge in [-0.05, 0) is 12.1 Å². The summed E-state index contributed by atoms with van der Waals surface area (Å²) < 4.78 is 9.46. The molecule has 8 nitrogen and oxygen atoms in total. The monoisotopic (exact) mass is 306 g/mol. The van der Waals surface area contributed by atoms with Gasteiger partial charge in [-0.2, -0.15) is 0 Å². The van der Waals surface area contributed by atoms with E-state index in [4.69, 9.17) is 4.74 Å². The van der Waals surface area contributed by atoms with Crippen LogP contribution in [0.1, 0.15) is 0 Å². The number of para-hydroxylation sites is 1. The van der Waals surface area contributed by atoms with Crippen LogP contribution in [0.2, 0.25) is 0 Å². The lowest BCUT2D eigenvalue weighted by Gasteiger charge is -2.35. The number of β-lactam (4-membered cyclic amide) rings is 1. The summed E-state index contributed by atoms with van der Waals surface area (Å²) in [7, 11) is 1.05. The molecule has 0 radical (unpaired) electrons. The van der Waals surface area contributed by atoms with Gasteiger partial charge in [0, 0.05) is 0 Å². The third-order valence-corrected chi connectivity index (χ3v) is 2.98. The molecule has 2 rings (SSSR count). The van der Waals surface area contributed by atoms with Gasteiger partial charge in [0.1, 0.15) is 11.8 Å². The van der Waals surface area contributed by atoms with Crippen LogP contribution in [0.3, 0.4) is 0 Å². The number of benzene rings is 1. The van der Waals surface area contributed by atoms with Gasteiger partial charge >= 0.3 is 11.9 Å². The lowest BCUT2D eigenvalue weighted by molar-refractivity contribution is -0.168. The molecule has 22 heavy (non-hydrogen) atoms. The Labute approximate surface area is 126 Å². The van der Waals surface area contributed by atoms with Crippen molar-refractivity contribution in [1.29, 1.82) is 0 Å². The van der Waals surface area contributed by atoms with Gasteiger partial charge < -0.3 is 14.8 Å². The van der Waals surface area contributed by atoms with E-state index in [0.717, 1.165) is 12.0 Å². The van der Waals surface area contributed by atoms with Crippen LogP contribution in [0, 0.1) is 0 Å². The molecule has 1 fully saturated rings. The van der Waals surface area contributed by atoms with E-state index < -0.39 is 29.7 Å². The minimum absolute atomic E-state index is 0.0656. The Hall–Kier alpha value is -2.90. The maximum absolute atomic E-state index is 11.7. The number of amides is 3.